The highest BCUT2D eigenvalue weighted by atomic mass is 32.1. The first-order chi connectivity index (χ1) is 9.23. The van der Waals surface area contributed by atoms with E-state index in [-0.39, 0.29) is 22.7 Å². The Morgan fingerprint density at radius 3 is 2.50 bits per heavy atom. The number of anilines is 1. The highest BCUT2D eigenvalue weighted by molar-refractivity contribution is 7.22. The van der Waals surface area contributed by atoms with Crippen molar-refractivity contribution in [1.82, 2.24) is 4.98 Å². The Morgan fingerprint density at radius 2 is 1.90 bits per heavy atom. The summed E-state index contributed by atoms with van der Waals surface area (Å²) in [5.74, 6) is 0.152. The van der Waals surface area contributed by atoms with Crippen LogP contribution < -0.4 is 5.32 Å². The lowest BCUT2D eigenvalue weighted by Crippen LogP contribution is -2.17. The predicted octanol–water partition coefficient (Wildman–Crippen LogP) is 4.23. The number of rotatable bonds is 2. The molecule has 0 unspecified atom stereocenters. The van der Waals surface area contributed by atoms with Gasteiger partial charge >= 0.3 is 0 Å². The normalized spacial score (nSPS) is 20.1. The average molecular weight is 288 g/mol. The third-order valence-corrected chi connectivity index (χ3v) is 5.99. The van der Waals surface area contributed by atoms with Crippen LogP contribution in [-0.2, 0) is 4.79 Å². The smallest absolute Gasteiger partial charge is 0.230 e. The Hall–Kier alpha value is -1.42. The number of nitrogens with one attached hydrogen (secondary N) is 1. The van der Waals surface area contributed by atoms with Crippen LogP contribution in [0, 0.1) is 23.7 Å². The number of fused-ring (bicyclic) bond motifs is 1. The molecular formula is C16H20N2OS. The number of benzene rings is 1. The standard InChI is InChI=1S/C16H20N2OS/c1-9-6-7-10-11(8-9)20-14(17-10)18-13(19)12-15(2,3)16(12,4)5/h6-8,12H,1-5H3,(H,17,18,19). The fourth-order valence-electron chi connectivity index (χ4n) is 3.11. The van der Waals surface area contributed by atoms with E-state index in [0.29, 0.717) is 5.13 Å². The first-order valence-corrected chi connectivity index (χ1v) is 7.73. The van der Waals surface area contributed by atoms with Gasteiger partial charge in [0.25, 0.3) is 0 Å². The molecule has 1 saturated carbocycles. The van der Waals surface area contributed by atoms with Gasteiger partial charge in [-0.2, -0.15) is 0 Å². The van der Waals surface area contributed by atoms with Crippen molar-refractivity contribution in [1.29, 1.82) is 0 Å². The van der Waals surface area contributed by atoms with E-state index in [0.717, 1.165) is 10.2 Å². The van der Waals surface area contributed by atoms with Gasteiger partial charge in [-0.3, -0.25) is 4.79 Å². The first-order valence-electron chi connectivity index (χ1n) is 6.91. The minimum Gasteiger partial charge on any atom is -0.302 e. The second kappa shape index (κ2) is 4.04. The number of amides is 1. The summed E-state index contributed by atoms with van der Waals surface area (Å²) >= 11 is 1.54. The Bertz CT molecular complexity index is 686. The number of carbonyl (C=O) groups is 1. The van der Waals surface area contributed by atoms with Crippen LogP contribution in [0.1, 0.15) is 33.3 Å². The molecule has 2 aromatic rings. The summed E-state index contributed by atoms with van der Waals surface area (Å²) in [7, 11) is 0. The van der Waals surface area contributed by atoms with Gasteiger partial charge in [0, 0.05) is 5.92 Å². The van der Waals surface area contributed by atoms with E-state index < -0.39 is 0 Å². The largest absolute Gasteiger partial charge is 0.302 e. The van der Waals surface area contributed by atoms with E-state index in [4.69, 9.17) is 0 Å². The van der Waals surface area contributed by atoms with Crippen molar-refractivity contribution in [2.75, 3.05) is 5.32 Å². The lowest BCUT2D eigenvalue weighted by atomic mass is 10.0. The van der Waals surface area contributed by atoms with Gasteiger partial charge in [-0.15, -0.1) is 0 Å². The van der Waals surface area contributed by atoms with Crippen molar-refractivity contribution in [3.63, 3.8) is 0 Å². The molecular weight excluding hydrogens is 268 g/mol. The van der Waals surface area contributed by atoms with Gasteiger partial charge in [-0.1, -0.05) is 45.1 Å². The molecule has 4 heteroatoms. The van der Waals surface area contributed by atoms with Crippen molar-refractivity contribution >= 4 is 32.6 Å². The van der Waals surface area contributed by atoms with E-state index in [1.54, 1.807) is 11.3 Å². The molecule has 1 aliphatic rings. The zero-order valence-electron chi connectivity index (χ0n) is 12.6. The van der Waals surface area contributed by atoms with E-state index in [9.17, 15) is 4.79 Å². The Kier molecular flexibility index (Phi) is 2.74. The predicted molar refractivity (Wildman–Crippen MR) is 84.0 cm³/mol. The van der Waals surface area contributed by atoms with E-state index in [1.165, 1.54) is 5.56 Å². The molecule has 0 spiro atoms. The second-order valence-electron chi connectivity index (χ2n) is 6.86. The third-order valence-electron chi connectivity index (χ3n) is 5.06. The molecule has 1 aliphatic carbocycles. The summed E-state index contributed by atoms with van der Waals surface area (Å²) in [6.45, 7) is 10.7. The minimum absolute atomic E-state index is 0.0590. The van der Waals surface area contributed by atoms with Crippen LogP contribution in [0.3, 0.4) is 0 Å². The molecule has 0 atom stereocenters. The number of hydrogen-bond donors (Lipinski definition) is 1. The van der Waals surface area contributed by atoms with Crippen molar-refractivity contribution in [2.24, 2.45) is 16.7 Å². The summed E-state index contributed by atoms with van der Waals surface area (Å²) in [6.07, 6.45) is 0. The number of thiazole rings is 1. The number of nitrogens with zero attached hydrogens (tertiary/aromatic N) is 1. The lowest BCUT2D eigenvalue weighted by Gasteiger charge is -2.03. The number of aryl methyl sites for hydroxylation is 1. The monoisotopic (exact) mass is 288 g/mol. The van der Waals surface area contributed by atoms with Gasteiger partial charge in [-0.05, 0) is 35.4 Å². The fraction of sp³-hybridized carbons (Fsp3) is 0.500. The Morgan fingerprint density at radius 1 is 1.25 bits per heavy atom. The summed E-state index contributed by atoms with van der Waals surface area (Å²) in [5, 5.41) is 3.70. The maximum Gasteiger partial charge on any atom is 0.230 e. The second-order valence-corrected chi connectivity index (χ2v) is 7.89. The molecule has 0 radical (unpaired) electrons. The molecule has 3 rings (SSSR count). The minimum atomic E-state index is 0.0590. The number of aromatic nitrogens is 1. The zero-order valence-corrected chi connectivity index (χ0v) is 13.4. The van der Waals surface area contributed by atoms with Crippen molar-refractivity contribution in [3.8, 4) is 0 Å². The summed E-state index contributed by atoms with van der Waals surface area (Å²) in [5.41, 5.74) is 2.28. The van der Waals surface area contributed by atoms with Gasteiger partial charge in [0.1, 0.15) is 0 Å². The summed E-state index contributed by atoms with van der Waals surface area (Å²) in [4.78, 5) is 16.9. The van der Waals surface area contributed by atoms with Gasteiger partial charge in [0.05, 0.1) is 10.2 Å². The molecule has 0 aliphatic heterocycles. The average Bonchev–Trinajstić information content (AvgIpc) is 2.62. The molecule has 1 amide bonds. The molecule has 0 bridgehead atoms. The van der Waals surface area contributed by atoms with E-state index in [2.05, 4.69) is 51.0 Å². The highest BCUT2D eigenvalue weighted by Crippen LogP contribution is 2.68. The van der Waals surface area contributed by atoms with Gasteiger partial charge in [0.15, 0.2) is 5.13 Å². The maximum absolute atomic E-state index is 12.4. The van der Waals surface area contributed by atoms with Crippen LogP contribution in [0.5, 0.6) is 0 Å². The van der Waals surface area contributed by atoms with Crippen molar-refractivity contribution < 1.29 is 4.79 Å². The first kappa shape index (κ1) is 13.6. The Balaban J connectivity index is 1.82. The quantitative estimate of drug-likeness (QED) is 0.898. The Labute approximate surface area is 123 Å². The van der Waals surface area contributed by atoms with E-state index in [1.807, 2.05) is 12.1 Å². The van der Waals surface area contributed by atoms with Crippen LogP contribution in [0.4, 0.5) is 5.13 Å². The number of carbonyl (C=O) groups excluding carboxylic acids is 1. The van der Waals surface area contributed by atoms with Crippen molar-refractivity contribution in [2.45, 2.75) is 34.6 Å². The highest BCUT2D eigenvalue weighted by Gasteiger charge is 2.68. The molecule has 20 heavy (non-hydrogen) atoms. The van der Waals surface area contributed by atoms with Crippen molar-refractivity contribution in [3.05, 3.63) is 23.8 Å². The van der Waals surface area contributed by atoms with E-state index >= 15 is 0 Å². The van der Waals surface area contributed by atoms with Gasteiger partial charge < -0.3 is 5.32 Å². The SMILES string of the molecule is Cc1ccc2nc(NC(=O)C3C(C)(C)C3(C)C)sc2c1. The molecule has 1 aromatic carbocycles. The van der Waals surface area contributed by atoms with Gasteiger partial charge in [-0.25, -0.2) is 4.98 Å². The molecule has 1 heterocycles. The molecule has 0 saturated heterocycles. The van der Waals surface area contributed by atoms with Crippen LogP contribution in [0.15, 0.2) is 18.2 Å². The lowest BCUT2D eigenvalue weighted by molar-refractivity contribution is -0.118. The molecule has 1 aromatic heterocycles. The fourth-order valence-corrected chi connectivity index (χ4v) is 4.08. The van der Waals surface area contributed by atoms with Gasteiger partial charge in [0.2, 0.25) is 5.91 Å². The third kappa shape index (κ3) is 1.85. The topological polar surface area (TPSA) is 42.0 Å². The number of hydrogen-bond acceptors (Lipinski definition) is 3. The van der Waals surface area contributed by atoms with Crippen LogP contribution in [-0.4, -0.2) is 10.9 Å². The summed E-state index contributed by atoms with van der Waals surface area (Å²) in [6, 6.07) is 6.15. The molecule has 1 fully saturated rings. The van der Waals surface area contributed by atoms with Crippen LogP contribution in [0.25, 0.3) is 10.2 Å². The molecule has 1 N–H and O–H groups in total. The molecule has 106 valence electrons. The molecule has 3 nitrogen and oxygen atoms in total. The summed E-state index contributed by atoms with van der Waals surface area (Å²) < 4.78 is 1.12. The maximum atomic E-state index is 12.4. The van der Waals surface area contributed by atoms with Crippen LogP contribution >= 0.6 is 11.3 Å². The zero-order chi connectivity index (χ0) is 14.7. The van der Waals surface area contributed by atoms with Crippen LogP contribution in [0.2, 0.25) is 0 Å².